The molecular weight excluding hydrogens is 435 g/mol. The van der Waals surface area contributed by atoms with E-state index in [1.807, 2.05) is 0 Å². The lowest BCUT2D eigenvalue weighted by atomic mass is 10.1. The van der Waals surface area contributed by atoms with Crippen LogP contribution in [0.3, 0.4) is 0 Å². The molecule has 11 heteroatoms. The number of rotatable bonds is 7. The fourth-order valence-electron chi connectivity index (χ4n) is 2.17. The highest BCUT2D eigenvalue weighted by atomic mass is 35.5. The number of ether oxygens (including phenoxy) is 2. The van der Waals surface area contributed by atoms with Crippen LogP contribution in [-0.4, -0.2) is 37.1 Å². The molecule has 3 amide bonds. The van der Waals surface area contributed by atoms with Crippen molar-refractivity contribution in [1.29, 1.82) is 0 Å². The fraction of sp³-hybridized carbons (Fsp3) is 0.158. The van der Waals surface area contributed by atoms with Crippen molar-refractivity contribution in [2.75, 3.05) is 19.0 Å². The van der Waals surface area contributed by atoms with Crippen molar-refractivity contribution in [2.24, 2.45) is 10.8 Å². The Hall–Kier alpha value is -3.30. The number of halogens is 2. The summed E-state index contributed by atoms with van der Waals surface area (Å²) in [6.07, 6.45) is 0. The van der Waals surface area contributed by atoms with Crippen LogP contribution in [0.4, 0.5) is 5.69 Å². The van der Waals surface area contributed by atoms with Gasteiger partial charge in [-0.1, -0.05) is 23.2 Å². The minimum atomic E-state index is -0.978. The number of carbonyl (C=O) groups excluding carboxylic acids is 3. The minimum Gasteiger partial charge on any atom is -0.493 e. The monoisotopic (exact) mass is 452 g/mol. The number of anilines is 1. The van der Waals surface area contributed by atoms with Gasteiger partial charge in [0, 0.05) is 11.3 Å². The van der Waals surface area contributed by atoms with Gasteiger partial charge < -0.3 is 20.5 Å². The highest BCUT2D eigenvalue weighted by molar-refractivity contribution is 6.43. The van der Waals surface area contributed by atoms with E-state index in [4.69, 9.17) is 38.4 Å². The molecule has 0 aliphatic carbocycles. The number of nitrogens with one attached hydrogen (secondary N) is 2. The smallest absolute Gasteiger partial charge is 0.329 e. The van der Waals surface area contributed by atoms with Crippen molar-refractivity contribution in [3.63, 3.8) is 0 Å². The minimum absolute atomic E-state index is 0.237. The third kappa shape index (κ3) is 6.36. The summed E-state index contributed by atoms with van der Waals surface area (Å²) in [6, 6.07) is 9.20. The highest BCUT2D eigenvalue weighted by Gasteiger charge is 2.14. The maximum atomic E-state index is 12.0. The summed E-state index contributed by atoms with van der Waals surface area (Å²) >= 11 is 11.7. The van der Waals surface area contributed by atoms with E-state index in [2.05, 4.69) is 15.8 Å². The van der Waals surface area contributed by atoms with Crippen molar-refractivity contribution in [3.8, 4) is 11.5 Å². The Labute approximate surface area is 182 Å². The number of carbonyl (C=O) groups is 3. The van der Waals surface area contributed by atoms with Crippen LogP contribution in [0.2, 0.25) is 10.0 Å². The zero-order chi connectivity index (χ0) is 22.3. The van der Waals surface area contributed by atoms with Gasteiger partial charge in [0.1, 0.15) is 0 Å². The van der Waals surface area contributed by atoms with E-state index in [0.717, 1.165) is 0 Å². The molecule has 30 heavy (non-hydrogen) atoms. The number of amides is 3. The average molecular weight is 453 g/mol. The van der Waals surface area contributed by atoms with Crippen LogP contribution in [0.5, 0.6) is 11.5 Å². The summed E-state index contributed by atoms with van der Waals surface area (Å²) in [4.78, 5) is 34.8. The number of hydrogen-bond donors (Lipinski definition) is 3. The van der Waals surface area contributed by atoms with Gasteiger partial charge in [-0.05, 0) is 43.3 Å². The van der Waals surface area contributed by atoms with Gasteiger partial charge in [-0.15, -0.1) is 0 Å². The van der Waals surface area contributed by atoms with E-state index in [-0.39, 0.29) is 11.6 Å². The van der Waals surface area contributed by atoms with Crippen LogP contribution in [-0.2, 0) is 14.4 Å². The molecule has 0 aromatic heterocycles. The predicted molar refractivity (Wildman–Crippen MR) is 113 cm³/mol. The lowest BCUT2D eigenvalue weighted by molar-refractivity contribution is -0.136. The average Bonchev–Trinajstić information content (AvgIpc) is 2.72. The van der Waals surface area contributed by atoms with Crippen LogP contribution in [0.15, 0.2) is 41.5 Å². The molecule has 4 N–H and O–H groups in total. The molecular formula is C19H18Cl2N4O5. The Morgan fingerprint density at radius 3 is 2.40 bits per heavy atom. The summed E-state index contributed by atoms with van der Waals surface area (Å²) < 4.78 is 10.5. The van der Waals surface area contributed by atoms with E-state index >= 15 is 0 Å². The van der Waals surface area contributed by atoms with Gasteiger partial charge in [0.05, 0.1) is 22.9 Å². The maximum absolute atomic E-state index is 12.0. The first-order chi connectivity index (χ1) is 14.2. The Kier molecular flexibility index (Phi) is 8.02. The summed E-state index contributed by atoms with van der Waals surface area (Å²) in [7, 11) is 1.43. The Morgan fingerprint density at radius 1 is 1.03 bits per heavy atom. The normalized spacial score (nSPS) is 10.9. The first kappa shape index (κ1) is 23.0. The summed E-state index contributed by atoms with van der Waals surface area (Å²) in [5.74, 6) is -1.88. The molecule has 0 heterocycles. The molecule has 0 saturated carbocycles. The Balaban J connectivity index is 2.03. The molecule has 2 rings (SSSR count). The van der Waals surface area contributed by atoms with Gasteiger partial charge in [0.2, 0.25) is 0 Å². The summed E-state index contributed by atoms with van der Waals surface area (Å²) in [5, 5.41) is 6.85. The number of benzene rings is 2. The van der Waals surface area contributed by atoms with Gasteiger partial charge in [0.15, 0.2) is 18.1 Å². The molecule has 0 bridgehead atoms. The van der Waals surface area contributed by atoms with Crippen LogP contribution < -0.4 is 25.9 Å². The quantitative estimate of drug-likeness (QED) is 0.336. The number of hydrogen-bond acceptors (Lipinski definition) is 6. The van der Waals surface area contributed by atoms with E-state index < -0.39 is 17.7 Å². The molecule has 158 valence electrons. The third-order valence-electron chi connectivity index (χ3n) is 3.66. The number of hydrazone groups is 1. The van der Waals surface area contributed by atoms with Crippen molar-refractivity contribution < 1.29 is 23.9 Å². The summed E-state index contributed by atoms with van der Waals surface area (Å²) in [5.41, 5.74) is 8.51. The van der Waals surface area contributed by atoms with Gasteiger partial charge in [0.25, 0.3) is 5.91 Å². The fourth-order valence-corrected chi connectivity index (χ4v) is 2.47. The van der Waals surface area contributed by atoms with E-state index in [1.54, 1.807) is 25.1 Å². The van der Waals surface area contributed by atoms with Gasteiger partial charge >= 0.3 is 11.8 Å². The molecule has 0 spiro atoms. The first-order valence-electron chi connectivity index (χ1n) is 8.41. The van der Waals surface area contributed by atoms with Crippen LogP contribution in [0.1, 0.15) is 12.5 Å². The largest absolute Gasteiger partial charge is 0.493 e. The Morgan fingerprint density at radius 2 is 1.77 bits per heavy atom. The van der Waals surface area contributed by atoms with E-state index in [0.29, 0.717) is 33.5 Å². The second-order valence-corrected chi connectivity index (χ2v) is 6.66. The first-order valence-corrected chi connectivity index (χ1v) is 9.17. The lowest BCUT2D eigenvalue weighted by Gasteiger charge is -2.11. The molecule has 2 aromatic carbocycles. The number of primary amides is 1. The van der Waals surface area contributed by atoms with Gasteiger partial charge in [-0.25, -0.2) is 5.43 Å². The molecule has 0 atom stereocenters. The van der Waals surface area contributed by atoms with Crippen molar-refractivity contribution >= 4 is 52.3 Å². The van der Waals surface area contributed by atoms with Crippen LogP contribution in [0.25, 0.3) is 0 Å². The molecule has 0 aliphatic rings. The zero-order valence-corrected chi connectivity index (χ0v) is 17.5. The van der Waals surface area contributed by atoms with Crippen molar-refractivity contribution in [3.05, 3.63) is 52.0 Å². The SMILES string of the molecule is COc1cc(/C(C)=N/NC(=O)C(=O)Nc2ccc(Cl)c(Cl)c2)ccc1OCC(N)=O. The van der Waals surface area contributed by atoms with Crippen molar-refractivity contribution in [1.82, 2.24) is 5.43 Å². The standard InChI is InChI=1S/C19H18Cl2N4O5/c1-10(11-3-6-15(16(7-11)29-2)30-9-17(22)26)24-25-19(28)18(27)23-12-4-5-13(20)14(21)8-12/h3-8H,9H2,1-2H3,(H2,22,26)(H,23,27)(H,25,28)/b24-10+. The van der Waals surface area contributed by atoms with Gasteiger partial charge in [-0.3, -0.25) is 14.4 Å². The predicted octanol–water partition coefficient (Wildman–Crippen LogP) is 2.34. The molecule has 0 aliphatic heterocycles. The zero-order valence-electron chi connectivity index (χ0n) is 16.0. The Bertz CT molecular complexity index is 1010. The molecule has 0 fully saturated rings. The number of nitrogens with two attached hydrogens (primary N) is 1. The molecule has 0 radical (unpaired) electrons. The van der Waals surface area contributed by atoms with Gasteiger partial charge in [-0.2, -0.15) is 5.10 Å². The molecule has 0 saturated heterocycles. The topological polar surface area (TPSA) is 132 Å². The molecule has 9 nitrogen and oxygen atoms in total. The maximum Gasteiger partial charge on any atom is 0.329 e. The van der Waals surface area contributed by atoms with E-state index in [1.165, 1.54) is 25.3 Å². The van der Waals surface area contributed by atoms with Crippen LogP contribution >= 0.6 is 23.2 Å². The third-order valence-corrected chi connectivity index (χ3v) is 4.40. The lowest BCUT2D eigenvalue weighted by Crippen LogP contribution is -2.32. The molecule has 0 unspecified atom stereocenters. The van der Waals surface area contributed by atoms with Crippen molar-refractivity contribution in [2.45, 2.75) is 6.92 Å². The van der Waals surface area contributed by atoms with Crippen LogP contribution in [0, 0.1) is 0 Å². The molecule has 2 aromatic rings. The number of nitrogens with zero attached hydrogens (tertiary/aromatic N) is 1. The second-order valence-electron chi connectivity index (χ2n) is 5.84. The summed E-state index contributed by atoms with van der Waals surface area (Å²) in [6.45, 7) is 1.32. The van der Waals surface area contributed by atoms with E-state index in [9.17, 15) is 14.4 Å². The highest BCUT2D eigenvalue weighted by Crippen LogP contribution is 2.28. The number of methoxy groups -OCH3 is 1. The second kappa shape index (κ2) is 10.5.